The highest BCUT2D eigenvalue weighted by Crippen LogP contribution is 2.49. The van der Waals surface area contributed by atoms with Gasteiger partial charge in [-0.15, -0.1) is 13.2 Å². The molecule has 0 amide bonds. The van der Waals surface area contributed by atoms with Crippen LogP contribution in [0.3, 0.4) is 0 Å². The summed E-state index contributed by atoms with van der Waals surface area (Å²) in [6, 6.07) is 5.84. The van der Waals surface area contributed by atoms with Gasteiger partial charge in [0.2, 0.25) is 0 Å². The topological polar surface area (TPSA) is 26.3 Å². The Morgan fingerprint density at radius 2 is 2.00 bits per heavy atom. The molecule has 0 aliphatic heterocycles. The number of ether oxygens (including phenoxy) is 1. The van der Waals surface area contributed by atoms with Gasteiger partial charge < -0.3 is 4.74 Å². The number of rotatable bonds is 2. The monoisotopic (exact) mass is 258 g/mol. The van der Waals surface area contributed by atoms with Gasteiger partial charge in [0.25, 0.3) is 0 Å². The number of carbonyl (C=O) groups excluding carboxylic acids is 1. The molecule has 1 saturated carbocycles. The van der Waals surface area contributed by atoms with E-state index in [1.54, 1.807) is 19.9 Å². The zero-order chi connectivity index (χ0) is 13.6. The maximum absolute atomic E-state index is 12.1. The average molecular weight is 258 g/mol. The van der Waals surface area contributed by atoms with E-state index in [2.05, 4.69) is 4.74 Å². The van der Waals surface area contributed by atoms with Gasteiger partial charge in [0.05, 0.1) is 0 Å². The molecule has 1 aromatic rings. The minimum Gasteiger partial charge on any atom is -0.406 e. The third-order valence-electron chi connectivity index (χ3n) is 3.47. The van der Waals surface area contributed by atoms with E-state index < -0.39 is 11.8 Å². The Morgan fingerprint density at radius 1 is 1.33 bits per heavy atom. The molecular weight excluding hydrogens is 245 g/mol. The molecule has 5 heteroatoms. The Labute approximate surface area is 103 Å². The maximum atomic E-state index is 12.1. The third-order valence-corrected chi connectivity index (χ3v) is 3.47. The van der Waals surface area contributed by atoms with Crippen LogP contribution in [-0.4, -0.2) is 12.1 Å². The molecule has 0 heterocycles. The minimum absolute atomic E-state index is 0.0400. The molecule has 1 atom stereocenters. The molecule has 2 nitrogen and oxygen atoms in total. The quantitative estimate of drug-likeness (QED) is 0.809. The van der Waals surface area contributed by atoms with Crippen LogP contribution in [0.4, 0.5) is 13.2 Å². The van der Waals surface area contributed by atoms with E-state index >= 15 is 0 Å². The first kappa shape index (κ1) is 12.9. The number of Topliss-reactive ketones (excluding diaryl/α,β-unsaturated/α-hetero) is 1. The van der Waals surface area contributed by atoms with Crippen LogP contribution in [0.15, 0.2) is 24.3 Å². The highest BCUT2D eigenvalue weighted by molar-refractivity contribution is 5.92. The largest absolute Gasteiger partial charge is 0.573 e. The lowest BCUT2D eigenvalue weighted by Crippen LogP contribution is -2.43. The van der Waals surface area contributed by atoms with E-state index in [0.717, 1.165) is 0 Å². The lowest BCUT2D eigenvalue weighted by Gasteiger charge is -2.42. The lowest BCUT2D eigenvalue weighted by atomic mass is 9.59. The predicted octanol–water partition coefficient (Wildman–Crippen LogP) is 3.67. The van der Waals surface area contributed by atoms with Gasteiger partial charge in [-0.05, 0) is 17.7 Å². The summed E-state index contributed by atoms with van der Waals surface area (Å²) in [4.78, 5) is 11.4. The first-order valence-corrected chi connectivity index (χ1v) is 5.59. The van der Waals surface area contributed by atoms with Crippen LogP contribution in [0.25, 0.3) is 0 Å². The van der Waals surface area contributed by atoms with Crippen LogP contribution in [0.2, 0.25) is 0 Å². The highest BCUT2D eigenvalue weighted by atomic mass is 19.4. The number of ketones is 1. The number of alkyl halides is 3. The van der Waals surface area contributed by atoms with Crippen LogP contribution in [0.1, 0.15) is 31.7 Å². The van der Waals surface area contributed by atoms with Crippen molar-refractivity contribution >= 4 is 5.78 Å². The predicted molar refractivity (Wildman–Crippen MR) is 59.3 cm³/mol. The number of halogens is 3. The van der Waals surface area contributed by atoms with Crippen LogP contribution < -0.4 is 4.74 Å². The molecule has 1 fully saturated rings. The summed E-state index contributed by atoms with van der Waals surface area (Å²) in [5, 5.41) is 0. The molecule has 1 unspecified atom stereocenters. The van der Waals surface area contributed by atoms with Crippen molar-refractivity contribution in [3.63, 3.8) is 0 Å². The molecule has 98 valence electrons. The summed E-state index contributed by atoms with van der Waals surface area (Å²) < 4.78 is 40.2. The molecule has 0 N–H and O–H groups in total. The van der Waals surface area contributed by atoms with Crippen molar-refractivity contribution in [2.75, 3.05) is 0 Å². The second-order valence-corrected chi connectivity index (χ2v) is 5.02. The zero-order valence-electron chi connectivity index (χ0n) is 10.0. The molecular formula is C13H13F3O2. The molecule has 0 spiro atoms. The molecule has 0 aromatic heterocycles. The van der Waals surface area contributed by atoms with Crippen LogP contribution in [0.5, 0.6) is 5.75 Å². The normalized spacial score (nSPS) is 22.5. The fourth-order valence-electron chi connectivity index (χ4n) is 2.23. The molecule has 0 bridgehead atoms. The summed E-state index contributed by atoms with van der Waals surface area (Å²) in [5.41, 5.74) is 0.206. The van der Waals surface area contributed by atoms with Crippen molar-refractivity contribution in [3.05, 3.63) is 29.8 Å². The number of benzene rings is 1. The van der Waals surface area contributed by atoms with Crippen molar-refractivity contribution in [1.29, 1.82) is 0 Å². The Kier molecular flexibility index (Phi) is 2.87. The van der Waals surface area contributed by atoms with Gasteiger partial charge in [-0.1, -0.05) is 26.0 Å². The van der Waals surface area contributed by atoms with Gasteiger partial charge in [0, 0.05) is 17.8 Å². The molecule has 1 aromatic carbocycles. The highest BCUT2D eigenvalue weighted by Gasteiger charge is 2.47. The summed E-state index contributed by atoms with van der Waals surface area (Å²) in [6.07, 6.45) is -4.31. The molecule has 2 rings (SSSR count). The summed E-state index contributed by atoms with van der Waals surface area (Å²) in [6.45, 7) is 3.61. The van der Waals surface area contributed by atoms with Gasteiger partial charge in [-0.25, -0.2) is 0 Å². The molecule has 1 aliphatic rings. The van der Waals surface area contributed by atoms with Crippen LogP contribution in [-0.2, 0) is 4.79 Å². The second-order valence-electron chi connectivity index (χ2n) is 5.02. The summed E-state index contributed by atoms with van der Waals surface area (Å²) in [5.74, 6) is -0.147. The Bertz CT molecular complexity index is 477. The van der Waals surface area contributed by atoms with Gasteiger partial charge in [0.1, 0.15) is 11.5 Å². The fraction of sp³-hybridized carbons (Fsp3) is 0.462. The van der Waals surface area contributed by atoms with Crippen molar-refractivity contribution in [2.24, 2.45) is 5.41 Å². The van der Waals surface area contributed by atoms with Crippen LogP contribution in [0, 0.1) is 5.41 Å². The zero-order valence-corrected chi connectivity index (χ0v) is 10.0. The van der Waals surface area contributed by atoms with Crippen molar-refractivity contribution < 1.29 is 22.7 Å². The SMILES string of the molecule is CC1(C)C(=O)CC1c1cccc(OC(F)(F)F)c1. The van der Waals surface area contributed by atoms with E-state index in [1.807, 2.05) is 0 Å². The molecule has 1 aliphatic carbocycles. The van der Waals surface area contributed by atoms with E-state index in [0.29, 0.717) is 12.0 Å². The van der Waals surface area contributed by atoms with Gasteiger partial charge in [-0.2, -0.15) is 0 Å². The first-order chi connectivity index (χ1) is 8.20. The Hall–Kier alpha value is -1.52. The van der Waals surface area contributed by atoms with E-state index in [1.165, 1.54) is 18.2 Å². The van der Waals surface area contributed by atoms with Crippen molar-refractivity contribution in [2.45, 2.75) is 32.5 Å². The van der Waals surface area contributed by atoms with E-state index in [4.69, 9.17) is 0 Å². The van der Waals surface area contributed by atoms with Gasteiger partial charge in [-0.3, -0.25) is 4.79 Å². The minimum atomic E-state index is -4.69. The van der Waals surface area contributed by atoms with E-state index in [9.17, 15) is 18.0 Å². The summed E-state index contributed by atoms with van der Waals surface area (Å²) >= 11 is 0. The average Bonchev–Trinajstić information content (AvgIpc) is 2.23. The maximum Gasteiger partial charge on any atom is 0.573 e. The molecule has 18 heavy (non-hydrogen) atoms. The first-order valence-electron chi connectivity index (χ1n) is 5.59. The van der Waals surface area contributed by atoms with Crippen molar-refractivity contribution in [3.8, 4) is 5.75 Å². The second kappa shape index (κ2) is 4.00. The number of hydrogen-bond acceptors (Lipinski definition) is 2. The standard InChI is InChI=1S/C13H13F3O2/c1-12(2)10(7-11(12)17)8-4-3-5-9(6-8)18-13(14,15)16/h3-6,10H,7H2,1-2H3. The third kappa shape index (κ3) is 2.35. The number of carbonyl (C=O) groups is 1. The van der Waals surface area contributed by atoms with Crippen LogP contribution >= 0.6 is 0 Å². The van der Waals surface area contributed by atoms with Crippen molar-refractivity contribution in [1.82, 2.24) is 0 Å². The van der Waals surface area contributed by atoms with Gasteiger partial charge in [0.15, 0.2) is 0 Å². The lowest BCUT2D eigenvalue weighted by molar-refractivity contribution is -0.274. The van der Waals surface area contributed by atoms with E-state index in [-0.39, 0.29) is 17.5 Å². The number of hydrogen-bond donors (Lipinski definition) is 0. The Balaban J connectivity index is 2.21. The molecule has 0 saturated heterocycles. The fourth-order valence-corrected chi connectivity index (χ4v) is 2.23. The van der Waals surface area contributed by atoms with Gasteiger partial charge >= 0.3 is 6.36 Å². The summed E-state index contributed by atoms with van der Waals surface area (Å²) in [7, 11) is 0. The smallest absolute Gasteiger partial charge is 0.406 e. The Morgan fingerprint density at radius 3 is 2.50 bits per heavy atom. The molecule has 0 radical (unpaired) electrons.